The van der Waals surface area contributed by atoms with Gasteiger partial charge in [0, 0.05) is 12.4 Å². The van der Waals surface area contributed by atoms with Gasteiger partial charge < -0.3 is 9.88 Å². The van der Waals surface area contributed by atoms with E-state index in [0.29, 0.717) is 6.54 Å². The van der Waals surface area contributed by atoms with Crippen LogP contribution >= 0.6 is 0 Å². The summed E-state index contributed by atoms with van der Waals surface area (Å²) in [5, 5.41) is 7.38. The molecule has 4 rings (SSSR count). The highest BCUT2D eigenvalue weighted by molar-refractivity contribution is 5.80. The van der Waals surface area contributed by atoms with Crippen LogP contribution in [0.1, 0.15) is 11.6 Å². The predicted molar refractivity (Wildman–Crippen MR) is 99.3 cm³/mol. The number of carbonyl (C=O) groups excluding carboxylic acids is 1. The monoisotopic (exact) mass is 345 g/mol. The number of fused-ring (bicyclic) bond motifs is 1. The second-order valence-electron chi connectivity index (χ2n) is 6.12. The Balaban J connectivity index is 1.52. The predicted octanol–water partition coefficient (Wildman–Crippen LogP) is 2.79. The van der Waals surface area contributed by atoms with Gasteiger partial charge in [-0.15, -0.1) is 0 Å². The summed E-state index contributed by atoms with van der Waals surface area (Å²) < 4.78 is 3.69. The van der Waals surface area contributed by atoms with E-state index in [2.05, 4.69) is 15.4 Å². The standard InChI is InChI=1S/C20H19N5O/c26-20(14-24-15-21-17-9-4-5-10-19(17)24)23-18(13-25-12-6-11-22-25)16-7-2-1-3-8-16/h1-12,15,18H,13-14H2,(H,23,26). The van der Waals surface area contributed by atoms with Crippen molar-refractivity contribution in [3.05, 3.63) is 84.9 Å². The molecule has 1 atom stereocenters. The molecule has 0 fully saturated rings. The lowest BCUT2D eigenvalue weighted by atomic mass is 10.1. The fraction of sp³-hybridized carbons (Fsp3) is 0.150. The molecule has 1 amide bonds. The number of imidazole rings is 1. The zero-order valence-corrected chi connectivity index (χ0v) is 14.2. The van der Waals surface area contributed by atoms with Crippen LogP contribution in [0, 0.1) is 0 Å². The van der Waals surface area contributed by atoms with Crippen molar-refractivity contribution < 1.29 is 4.79 Å². The number of rotatable bonds is 6. The Morgan fingerprint density at radius 3 is 2.65 bits per heavy atom. The summed E-state index contributed by atoms with van der Waals surface area (Å²) in [6.45, 7) is 0.802. The second kappa shape index (κ2) is 7.23. The molecular formula is C20H19N5O. The van der Waals surface area contributed by atoms with E-state index in [1.54, 1.807) is 12.5 Å². The summed E-state index contributed by atoms with van der Waals surface area (Å²) in [5.74, 6) is -0.0610. The molecule has 4 aromatic rings. The lowest BCUT2D eigenvalue weighted by Gasteiger charge is -2.19. The minimum atomic E-state index is -0.154. The van der Waals surface area contributed by atoms with Crippen LogP contribution in [0.4, 0.5) is 0 Å². The summed E-state index contributed by atoms with van der Waals surface area (Å²) in [6.07, 6.45) is 5.34. The van der Waals surface area contributed by atoms with Crippen molar-refractivity contribution in [2.24, 2.45) is 0 Å². The molecule has 0 bridgehead atoms. The topological polar surface area (TPSA) is 64.7 Å². The molecule has 6 nitrogen and oxygen atoms in total. The van der Waals surface area contributed by atoms with Crippen LogP contribution in [0.25, 0.3) is 11.0 Å². The Kier molecular flexibility index (Phi) is 4.47. The van der Waals surface area contributed by atoms with Gasteiger partial charge in [0.05, 0.1) is 29.9 Å². The van der Waals surface area contributed by atoms with Gasteiger partial charge in [-0.2, -0.15) is 5.10 Å². The third-order valence-electron chi connectivity index (χ3n) is 4.31. The van der Waals surface area contributed by atoms with Gasteiger partial charge in [-0.25, -0.2) is 4.98 Å². The van der Waals surface area contributed by atoms with Crippen molar-refractivity contribution in [2.45, 2.75) is 19.1 Å². The van der Waals surface area contributed by atoms with E-state index in [9.17, 15) is 4.79 Å². The van der Waals surface area contributed by atoms with Gasteiger partial charge in [0.25, 0.3) is 0 Å². The maximum absolute atomic E-state index is 12.7. The average molecular weight is 345 g/mol. The van der Waals surface area contributed by atoms with Gasteiger partial charge in [0.1, 0.15) is 6.54 Å². The van der Waals surface area contributed by atoms with Gasteiger partial charge in [0.2, 0.25) is 5.91 Å². The second-order valence-corrected chi connectivity index (χ2v) is 6.12. The first-order chi connectivity index (χ1) is 12.8. The first-order valence-corrected chi connectivity index (χ1v) is 8.51. The third-order valence-corrected chi connectivity index (χ3v) is 4.31. The van der Waals surface area contributed by atoms with E-state index < -0.39 is 0 Å². The van der Waals surface area contributed by atoms with Crippen LogP contribution in [0.15, 0.2) is 79.4 Å². The van der Waals surface area contributed by atoms with Gasteiger partial charge in [-0.3, -0.25) is 9.48 Å². The zero-order valence-electron chi connectivity index (χ0n) is 14.2. The van der Waals surface area contributed by atoms with Crippen LogP contribution in [-0.2, 0) is 17.9 Å². The van der Waals surface area contributed by atoms with Crippen LogP contribution in [0.2, 0.25) is 0 Å². The smallest absolute Gasteiger partial charge is 0.240 e. The molecule has 2 aromatic heterocycles. The molecule has 0 saturated heterocycles. The molecule has 0 spiro atoms. The molecule has 0 saturated carbocycles. The molecular weight excluding hydrogens is 326 g/mol. The summed E-state index contributed by atoms with van der Waals surface area (Å²) in [6, 6.07) is 19.5. The largest absolute Gasteiger partial charge is 0.346 e. The fourth-order valence-electron chi connectivity index (χ4n) is 3.05. The molecule has 0 aliphatic heterocycles. The number of carbonyl (C=O) groups is 1. The number of hydrogen-bond acceptors (Lipinski definition) is 3. The number of benzene rings is 2. The number of aromatic nitrogens is 4. The summed E-state index contributed by atoms with van der Waals surface area (Å²) >= 11 is 0. The van der Waals surface area contributed by atoms with E-state index in [1.807, 2.05) is 76.1 Å². The minimum absolute atomic E-state index is 0.0610. The molecule has 0 aliphatic rings. The van der Waals surface area contributed by atoms with Crippen LogP contribution in [0.5, 0.6) is 0 Å². The Bertz CT molecular complexity index is 991. The number of hydrogen-bond donors (Lipinski definition) is 1. The van der Waals surface area contributed by atoms with E-state index in [4.69, 9.17) is 0 Å². The molecule has 1 unspecified atom stereocenters. The maximum atomic E-state index is 12.7. The fourth-order valence-corrected chi connectivity index (χ4v) is 3.05. The molecule has 26 heavy (non-hydrogen) atoms. The van der Waals surface area contributed by atoms with Crippen molar-refractivity contribution in [3.63, 3.8) is 0 Å². The average Bonchev–Trinajstić information content (AvgIpc) is 3.32. The molecule has 2 aromatic carbocycles. The summed E-state index contributed by atoms with van der Waals surface area (Å²) in [4.78, 5) is 17.0. The lowest BCUT2D eigenvalue weighted by Crippen LogP contribution is -2.34. The van der Waals surface area contributed by atoms with Crippen LogP contribution in [-0.4, -0.2) is 25.2 Å². The molecule has 0 aliphatic carbocycles. The van der Waals surface area contributed by atoms with Crippen molar-refractivity contribution in [2.75, 3.05) is 0 Å². The van der Waals surface area contributed by atoms with Crippen molar-refractivity contribution in [1.29, 1.82) is 0 Å². The van der Waals surface area contributed by atoms with Crippen LogP contribution < -0.4 is 5.32 Å². The Hall–Kier alpha value is -3.41. The molecule has 0 radical (unpaired) electrons. The minimum Gasteiger partial charge on any atom is -0.346 e. The number of nitrogens with one attached hydrogen (secondary N) is 1. The van der Waals surface area contributed by atoms with Gasteiger partial charge in [-0.1, -0.05) is 42.5 Å². The zero-order chi connectivity index (χ0) is 17.8. The summed E-state index contributed by atoms with van der Waals surface area (Å²) in [5.41, 5.74) is 2.88. The van der Waals surface area contributed by atoms with Crippen molar-refractivity contribution >= 4 is 16.9 Å². The first kappa shape index (κ1) is 16.1. The van der Waals surface area contributed by atoms with Gasteiger partial charge >= 0.3 is 0 Å². The van der Waals surface area contributed by atoms with Crippen molar-refractivity contribution in [3.8, 4) is 0 Å². The molecule has 2 heterocycles. The Morgan fingerprint density at radius 1 is 1.04 bits per heavy atom. The van der Waals surface area contributed by atoms with E-state index in [1.165, 1.54) is 0 Å². The van der Waals surface area contributed by atoms with Crippen LogP contribution in [0.3, 0.4) is 0 Å². The van der Waals surface area contributed by atoms with Crippen molar-refractivity contribution in [1.82, 2.24) is 24.6 Å². The molecule has 6 heteroatoms. The van der Waals surface area contributed by atoms with E-state index in [0.717, 1.165) is 16.6 Å². The van der Waals surface area contributed by atoms with Gasteiger partial charge in [0.15, 0.2) is 0 Å². The number of amides is 1. The molecule has 130 valence electrons. The number of nitrogens with zero attached hydrogens (tertiary/aromatic N) is 4. The summed E-state index contributed by atoms with van der Waals surface area (Å²) in [7, 11) is 0. The van der Waals surface area contributed by atoms with E-state index >= 15 is 0 Å². The molecule has 1 N–H and O–H groups in total. The number of para-hydroxylation sites is 2. The Morgan fingerprint density at radius 2 is 1.85 bits per heavy atom. The third kappa shape index (κ3) is 3.49. The van der Waals surface area contributed by atoms with Gasteiger partial charge in [-0.05, 0) is 23.8 Å². The highest BCUT2D eigenvalue weighted by atomic mass is 16.2. The Labute approximate surface area is 151 Å². The lowest BCUT2D eigenvalue weighted by molar-refractivity contribution is -0.122. The highest BCUT2D eigenvalue weighted by Crippen LogP contribution is 2.16. The highest BCUT2D eigenvalue weighted by Gasteiger charge is 2.16. The van der Waals surface area contributed by atoms with E-state index in [-0.39, 0.29) is 18.5 Å². The SMILES string of the molecule is O=C(Cn1cnc2ccccc21)NC(Cn1cccn1)c1ccccc1. The quantitative estimate of drug-likeness (QED) is 0.584. The maximum Gasteiger partial charge on any atom is 0.240 e. The first-order valence-electron chi connectivity index (χ1n) is 8.51. The normalized spacial score (nSPS) is 12.2.